The third kappa shape index (κ3) is 2.70. The van der Waals surface area contributed by atoms with Gasteiger partial charge < -0.3 is 10.6 Å². The summed E-state index contributed by atoms with van der Waals surface area (Å²) in [5.41, 5.74) is 6.42. The molecule has 2 rings (SSSR count). The van der Waals surface area contributed by atoms with Crippen LogP contribution in [0, 0.1) is 10.1 Å². The summed E-state index contributed by atoms with van der Waals surface area (Å²) in [6.45, 7) is 0.673. The molecule has 1 heterocycles. The summed E-state index contributed by atoms with van der Waals surface area (Å²) in [6, 6.07) is 4.31. The van der Waals surface area contributed by atoms with Gasteiger partial charge in [0.15, 0.2) is 9.84 Å². The van der Waals surface area contributed by atoms with Crippen molar-refractivity contribution < 1.29 is 13.3 Å². The van der Waals surface area contributed by atoms with E-state index in [2.05, 4.69) is 0 Å². The SMILES string of the molecule is Nc1cc(N2CCS(=O)(=O)CC2)cc([N+](=O)[O-])c1. The van der Waals surface area contributed by atoms with Crippen LogP contribution >= 0.6 is 0 Å². The molecule has 8 heteroatoms. The van der Waals surface area contributed by atoms with E-state index in [4.69, 9.17) is 5.73 Å². The summed E-state index contributed by atoms with van der Waals surface area (Å²) in [6.07, 6.45) is 0. The van der Waals surface area contributed by atoms with Crippen LogP contribution in [0.5, 0.6) is 0 Å². The minimum atomic E-state index is -2.97. The lowest BCUT2D eigenvalue weighted by Crippen LogP contribution is -2.40. The Hall–Kier alpha value is -1.83. The standard InChI is InChI=1S/C10H13N3O4S/c11-8-5-9(7-10(6-8)13(14)15)12-1-3-18(16,17)4-2-12/h5-7H,1-4,11H2. The van der Waals surface area contributed by atoms with Gasteiger partial charge in [0, 0.05) is 36.6 Å². The Kier molecular flexibility index (Phi) is 3.12. The van der Waals surface area contributed by atoms with E-state index < -0.39 is 14.8 Å². The summed E-state index contributed by atoms with van der Waals surface area (Å²) >= 11 is 0. The fraction of sp³-hybridized carbons (Fsp3) is 0.400. The Bertz CT molecular complexity index is 571. The van der Waals surface area contributed by atoms with Gasteiger partial charge in [-0.3, -0.25) is 10.1 Å². The number of nitrogens with two attached hydrogens (primary N) is 1. The summed E-state index contributed by atoms with van der Waals surface area (Å²) < 4.78 is 22.6. The van der Waals surface area contributed by atoms with Gasteiger partial charge in [-0.15, -0.1) is 0 Å². The Labute approximate surface area is 104 Å². The van der Waals surface area contributed by atoms with Crippen LogP contribution in [0.2, 0.25) is 0 Å². The normalized spacial score (nSPS) is 18.6. The maximum absolute atomic E-state index is 11.3. The van der Waals surface area contributed by atoms with E-state index in [1.165, 1.54) is 12.1 Å². The molecule has 98 valence electrons. The smallest absolute Gasteiger partial charge is 0.273 e. The fourth-order valence-corrected chi connectivity index (χ4v) is 3.08. The van der Waals surface area contributed by atoms with Crippen molar-refractivity contribution in [2.45, 2.75) is 0 Å². The number of nitro benzene ring substituents is 1. The lowest BCUT2D eigenvalue weighted by Gasteiger charge is -2.28. The molecule has 0 bridgehead atoms. The molecule has 0 aromatic heterocycles. The molecule has 0 aliphatic carbocycles. The van der Waals surface area contributed by atoms with Crippen molar-refractivity contribution in [3.63, 3.8) is 0 Å². The quantitative estimate of drug-likeness (QED) is 0.474. The minimum Gasteiger partial charge on any atom is -0.398 e. The second kappa shape index (κ2) is 4.45. The molecule has 1 aliphatic heterocycles. The van der Waals surface area contributed by atoms with E-state index in [0.29, 0.717) is 24.5 Å². The highest BCUT2D eigenvalue weighted by molar-refractivity contribution is 7.91. The van der Waals surface area contributed by atoms with Crippen molar-refractivity contribution >= 4 is 26.9 Å². The number of nitrogens with zero attached hydrogens (tertiary/aromatic N) is 2. The number of nitro groups is 1. The summed E-state index contributed by atoms with van der Waals surface area (Å²) in [7, 11) is -2.97. The molecule has 0 unspecified atom stereocenters. The molecule has 0 radical (unpaired) electrons. The van der Waals surface area contributed by atoms with Gasteiger partial charge >= 0.3 is 0 Å². The van der Waals surface area contributed by atoms with E-state index in [1.807, 2.05) is 0 Å². The van der Waals surface area contributed by atoms with Crippen molar-refractivity contribution in [2.24, 2.45) is 0 Å². The third-order valence-electron chi connectivity index (χ3n) is 2.85. The number of nitrogen functional groups attached to an aromatic ring is 1. The van der Waals surface area contributed by atoms with Gasteiger partial charge in [0.25, 0.3) is 5.69 Å². The second-order valence-electron chi connectivity index (χ2n) is 4.18. The lowest BCUT2D eigenvalue weighted by molar-refractivity contribution is -0.384. The summed E-state index contributed by atoms with van der Waals surface area (Å²) in [4.78, 5) is 12.0. The van der Waals surface area contributed by atoms with Gasteiger partial charge in [-0.1, -0.05) is 0 Å². The van der Waals surface area contributed by atoms with Gasteiger partial charge in [-0.05, 0) is 6.07 Å². The zero-order chi connectivity index (χ0) is 13.3. The van der Waals surface area contributed by atoms with E-state index in [-0.39, 0.29) is 17.2 Å². The van der Waals surface area contributed by atoms with E-state index in [0.717, 1.165) is 0 Å². The Morgan fingerprint density at radius 2 is 1.83 bits per heavy atom. The van der Waals surface area contributed by atoms with Crippen LogP contribution in [0.3, 0.4) is 0 Å². The van der Waals surface area contributed by atoms with Crippen LogP contribution in [-0.4, -0.2) is 37.9 Å². The Morgan fingerprint density at radius 1 is 1.22 bits per heavy atom. The van der Waals surface area contributed by atoms with Crippen molar-refractivity contribution in [3.05, 3.63) is 28.3 Å². The van der Waals surface area contributed by atoms with Gasteiger partial charge in [0.2, 0.25) is 0 Å². The van der Waals surface area contributed by atoms with E-state index >= 15 is 0 Å². The van der Waals surface area contributed by atoms with E-state index in [1.54, 1.807) is 11.0 Å². The molecule has 1 aromatic rings. The molecule has 0 saturated carbocycles. The molecule has 18 heavy (non-hydrogen) atoms. The van der Waals surface area contributed by atoms with Gasteiger partial charge in [-0.2, -0.15) is 0 Å². The van der Waals surface area contributed by atoms with Gasteiger partial charge in [0.1, 0.15) is 0 Å². The van der Waals surface area contributed by atoms with Crippen molar-refractivity contribution in [1.29, 1.82) is 0 Å². The molecule has 0 atom stereocenters. The first-order valence-corrected chi connectivity index (χ1v) is 7.20. The number of non-ortho nitro benzene ring substituents is 1. The number of benzene rings is 1. The Morgan fingerprint density at radius 3 is 2.39 bits per heavy atom. The highest BCUT2D eigenvalue weighted by Crippen LogP contribution is 2.26. The largest absolute Gasteiger partial charge is 0.398 e. The fourth-order valence-electron chi connectivity index (χ4n) is 1.88. The van der Waals surface area contributed by atoms with Crippen LogP contribution in [0.1, 0.15) is 0 Å². The second-order valence-corrected chi connectivity index (χ2v) is 6.48. The molecular weight excluding hydrogens is 258 g/mol. The molecule has 2 N–H and O–H groups in total. The number of hydrogen-bond acceptors (Lipinski definition) is 6. The number of sulfone groups is 1. The zero-order valence-corrected chi connectivity index (χ0v) is 10.4. The topological polar surface area (TPSA) is 107 Å². The maximum Gasteiger partial charge on any atom is 0.273 e. The number of hydrogen-bond donors (Lipinski definition) is 1. The molecule has 1 saturated heterocycles. The van der Waals surface area contributed by atoms with Crippen molar-refractivity contribution in [3.8, 4) is 0 Å². The molecule has 1 aromatic carbocycles. The van der Waals surface area contributed by atoms with Crippen LogP contribution < -0.4 is 10.6 Å². The molecule has 1 fully saturated rings. The van der Waals surface area contributed by atoms with Crippen LogP contribution in [0.15, 0.2) is 18.2 Å². The third-order valence-corrected chi connectivity index (χ3v) is 4.45. The molecule has 7 nitrogen and oxygen atoms in total. The first kappa shape index (κ1) is 12.6. The minimum absolute atomic E-state index is 0.0651. The monoisotopic (exact) mass is 271 g/mol. The number of rotatable bonds is 2. The lowest BCUT2D eigenvalue weighted by atomic mass is 10.2. The van der Waals surface area contributed by atoms with Crippen LogP contribution in [-0.2, 0) is 9.84 Å². The average molecular weight is 271 g/mol. The predicted molar refractivity (Wildman–Crippen MR) is 68.4 cm³/mol. The molecule has 0 spiro atoms. The number of anilines is 2. The van der Waals surface area contributed by atoms with Gasteiger partial charge in [0.05, 0.1) is 16.4 Å². The molecule has 1 aliphatic rings. The van der Waals surface area contributed by atoms with Crippen molar-refractivity contribution in [1.82, 2.24) is 0 Å². The van der Waals surface area contributed by atoms with Crippen molar-refractivity contribution in [2.75, 3.05) is 35.2 Å². The van der Waals surface area contributed by atoms with E-state index in [9.17, 15) is 18.5 Å². The zero-order valence-electron chi connectivity index (χ0n) is 9.57. The van der Waals surface area contributed by atoms with Crippen LogP contribution in [0.4, 0.5) is 17.1 Å². The molecule has 0 amide bonds. The average Bonchev–Trinajstić information content (AvgIpc) is 2.28. The predicted octanol–water partition coefficient (Wildman–Crippen LogP) is 0.412. The maximum atomic E-state index is 11.3. The molecular formula is C10H13N3O4S. The summed E-state index contributed by atoms with van der Waals surface area (Å²) in [5.74, 6) is 0.130. The summed E-state index contributed by atoms with van der Waals surface area (Å²) in [5, 5.41) is 10.7. The van der Waals surface area contributed by atoms with Gasteiger partial charge in [-0.25, -0.2) is 8.42 Å². The highest BCUT2D eigenvalue weighted by Gasteiger charge is 2.23. The Balaban J connectivity index is 2.26. The van der Waals surface area contributed by atoms with Crippen LogP contribution in [0.25, 0.3) is 0 Å². The highest BCUT2D eigenvalue weighted by atomic mass is 32.2. The first-order chi connectivity index (χ1) is 8.37. The first-order valence-electron chi connectivity index (χ1n) is 5.38.